The van der Waals surface area contributed by atoms with Gasteiger partial charge in [0.1, 0.15) is 0 Å². The number of benzene rings is 2. The van der Waals surface area contributed by atoms with E-state index >= 15 is 0 Å². The lowest BCUT2D eigenvalue weighted by Crippen LogP contribution is -2.36. The molecule has 1 aliphatic heterocycles. The summed E-state index contributed by atoms with van der Waals surface area (Å²) in [5.41, 5.74) is 3.90. The molecule has 1 atom stereocenters. The number of ether oxygens (including phenoxy) is 1. The van der Waals surface area contributed by atoms with E-state index in [4.69, 9.17) is 4.74 Å². The molecule has 0 unspecified atom stereocenters. The number of nitrogens with zero attached hydrogens (tertiary/aromatic N) is 3. The molecule has 28 heavy (non-hydrogen) atoms. The molecule has 0 aliphatic carbocycles. The van der Waals surface area contributed by atoms with Crippen LogP contribution < -0.4 is 10.3 Å². The van der Waals surface area contributed by atoms with Gasteiger partial charge in [-0.1, -0.05) is 30.3 Å². The van der Waals surface area contributed by atoms with Crippen molar-refractivity contribution >= 4 is 23.5 Å². The molecule has 0 spiro atoms. The Bertz CT molecular complexity index is 866. The van der Waals surface area contributed by atoms with E-state index in [1.807, 2.05) is 4.90 Å². The smallest absolute Gasteiger partial charge is 0.273 e. The van der Waals surface area contributed by atoms with Crippen molar-refractivity contribution in [3.8, 4) is 0 Å². The molecule has 1 fully saturated rings. The summed E-state index contributed by atoms with van der Waals surface area (Å²) in [5.74, 6) is -0.694. The second-order valence-electron chi connectivity index (χ2n) is 6.15. The van der Waals surface area contributed by atoms with Crippen molar-refractivity contribution in [2.75, 3.05) is 31.2 Å². The average Bonchev–Trinajstić information content (AvgIpc) is 2.74. The number of aliphatic hydroxyl groups excluding tert-OH is 1. The van der Waals surface area contributed by atoms with Crippen molar-refractivity contribution in [2.45, 2.75) is 6.10 Å². The fourth-order valence-corrected chi connectivity index (χ4v) is 2.86. The summed E-state index contributed by atoms with van der Waals surface area (Å²) < 4.78 is 5.34. The van der Waals surface area contributed by atoms with Gasteiger partial charge in [-0.15, -0.1) is 0 Å². The summed E-state index contributed by atoms with van der Waals surface area (Å²) in [6.45, 7) is 2.43. The highest BCUT2D eigenvalue weighted by atomic mass is 16.6. The molecule has 0 saturated carbocycles. The molecule has 1 aliphatic rings. The van der Waals surface area contributed by atoms with Crippen LogP contribution in [-0.2, 0) is 9.53 Å². The Morgan fingerprint density at radius 2 is 1.96 bits per heavy atom. The largest absolute Gasteiger partial charge is 0.378 e. The van der Waals surface area contributed by atoms with E-state index in [2.05, 4.69) is 10.5 Å². The number of morpholine rings is 1. The van der Waals surface area contributed by atoms with Crippen LogP contribution in [0.1, 0.15) is 17.2 Å². The van der Waals surface area contributed by atoms with E-state index in [1.54, 1.807) is 36.4 Å². The molecule has 2 N–H and O–H groups in total. The summed E-state index contributed by atoms with van der Waals surface area (Å²) in [7, 11) is 0. The zero-order valence-electron chi connectivity index (χ0n) is 15.0. The molecule has 1 amide bonds. The normalized spacial score (nSPS) is 15.4. The van der Waals surface area contributed by atoms with Gasteiger partial charge in [0.05, 0.1) is 24.4 Å². The van der Waals surface area contributed by atoms with Gasteiger partial charge in [-0.2, -0.15) is 5.10 Å². The van der Waals surface area contributed by atoms with Crippen LogP contribution in [0.4, 0.5) is 11.4 Å². The molecule has 3 rings (SSSR count). The van der Waals surface area contributed by atoms with Crippen molar-refractivity contribution in [1.29, 1.82) is 0 Å². The van der Waals surface area contributed by atoms with E-state index in [0.29, 0.717) is 37.4 Å². The molecule has 0 radical (unpaired) electrons. The van der Waals surface area contributed by atoms with Crippen LogP contribution in [0.5, 0.6) is 0 Å². The third kappa shape index (κ3) is 4.70. The summed E-state index contributed by atoms with van der Waals surface area (Å²) in [6, 6.07) is 13.0. The van der Waals surface area contributed by atoms with Crippen LogP contribution in [0.3, 0.4) is 0 Å². The Kier molecular flexibility index (Phi) is 6.30. The van der Waals surface area contributed by atoms with Gasteiger partial charge in [-0.3, -0.25) is 14.9 Å². The average molecular weight is 384 g/mol. The van der Waals surface area contributed by atoms with Gasteiger partial charge in [-0.25, -0.2) is 5.43 Å². The number of hydrogen-bond donors (Lipinski definition) is 2. The fraction of sp³-hybridized carbons (Fsp3) is 0.263. The fourth-order valence-electron chi connectivity index (χ4n) is 2.86. The first kappa shape index (κ1) is 19.5. The van der Waals surface area contributed by atoms with E-state index in [0.717, 1.165) is 5.69 Å². The van der Waals surface area contributed by atoms with Gasteiger partial charge >= 0.3 is 0 Å². The molecular weight excluding hydrogens is 364 g/mol. The summed E-state index contributed by atoms with van der Waals surface area (Å²) in [6.07, 6.45) is -0.0184. The van der Waals surface area contributed by atoms with E-state index < -0.39 is 16.9 Å². The van der Waals surface area contributed by atoms with Gasteiger partial charge in [0, 0.05) is 36.5 Å². The first-order valence-corrected chi connectivity index (χ1v) is 8.73. The molecule has 1 heterocycles. The number of nitro benzene ring substituents is 1. The third-order valence-corrected chi connectivity index (χ3v) is 4.32. The number of nitrogens with one attached hydrogen (secondary N) is 1. The Morgan fingerprint density at radius 1 is 1.25 bits per heavy atom. The maximum atomic E-state index is 12.1. The minimum absolute atomic E-state index is 0.0749. The zero-order valence-corrected chi connectivity index (χ0v) is 15.0. The second-order valence-corrected chi connectivity index (χ2v) is 6.15. The standard InChI is InChI=1S/C19H20N4O5/c24-18(14-4-2-1-3-5-14)19(25)21-20-13-15-12-16(23(26)27)6-7-17(15)22-8-10-28-11-9-22/h1-7,12-13,18,24H,8-11H2,(H,21,25)/b20-13-/t18-/m1/s1. The predicted molar refractivity (Wildman–Crippen MR) is 103 cm³/mol. The molecule has 0 aromatic heterocycles. The number of nitro groups is 1. The van der Waals surface area contributed by atoms with Gasteiger partial charge < -0.3 is 14.7 Å². The van der Waals surface area contributed by atoms with Gasteiger partial charge in [0.2, 0.25) is 0 Å². The molecule has 2 aromatic carbocycles. The lowest BCUT2D eigenvalue weighted by Gasteiger charge is -2.29. The number of hydrazone groups is 1. The number of non-ortho nitro benzene ring substituents is 1. The second kappa shape index (κ2) is 9.07. The minimum atomic E-state index is -1.36. The van der Waals surface area contributed by atoms with E-state index in [9.17, 15) is 20.0 Å². The molecule has 9 heteroatoms. The summed E-state index contributed by atoms with van der Waals surface area (Å²) in [4.78, 5) is 24.7. The molecule has 2 aromatic rings. The number of carbonyl (C=O) groups excluding carboxylic acids is 1. The maximum Gasteiger partial charge on any atom is 0.273 e. The summed E-state index contributed by atoms with van der Waals surface area (Å²) in [5, 5.41) is 25.0. The Balaban J connectivity index is 1.76. The van der Waals surface area contributed by atoms with E-state index in [-0.39, 0.29) is 5.69 Å². The number of amides is 1. The highest BCUT2D eigenvalue weighted by Crippen LogP contribution is 2.25. The number of hydrogen-bond acceptors (Lipinski definition) is 7. The molecule has 0 bridgehead atoms. The Labute approximate surface area is 161 Å². The minimum Gasteiger partial charge on any atom is -0.378 e. The number of carbonyl (C=O) groups is 1. The highest BCUT2D eigenvalue weighted by Gasteiger charge is 2.18. The van der Waals surface area contributed by atoms with Gasteiger partial charge in [0.15, 0.2) is 6.10 Å². The molecular formula is C19H20N4O5. The summed E-state index contributed by atoms with van der Waals surface area (Å²) >= 11 is 0. The van der Waals surface area contributed by atoms with E-state index in [1.165, 1.54) is 18.3 Å². The highest BCUT2D eigenvalue weighted by molar-refractivity contribution is 5.90. The van der Waals surface area contributed by atoms with Crippen LogP contribution in [0.15, 0.2) is 53.6 Å². The number of rotatable bonds is 6. The van der Waals surface area contributed by atoms with Gasteiger partial charge in [-0.05, 0) is 11.6 Å². The number of anilines is 1. The lowest BCUT2D eigenvalue weighted by molar-refractivity contribution is -0.384. The first-order chi connectivity index (χ1) is 13.6. The van der Waals surface area contributed by atoms with Crippen molar-refractivity contribution < 1.29 is 19.6 Å². The third-order valence-electron chi connectivity index (χ3n) is 4.32. The number of aliphatic hydroxyl groups is 1. The Morgan fingerprint density at radius 3 is 2.64 bits per heavy atom. The van der Waals surface area contributed by atoms with Crippen molar-refractivity contribution in [2.24, 2.45) is 5.10 Å². The van der Waals surface area contributed by atoms with Crippen LogP contribution >= 0.6 is 0 Å². The van der Waals surface area contributed by atoms with Crippen LogP contribution in [0.2, 0.25) is 0 Å². The SMILES string of the molecule is O=C(N/N=C\c1cc([N+](=O)[O-])ccc1N1CCOCC1)[C@H](O)c1ccccc1. The van der Waals surface area contributed by atoms with Crippen molar-refractivity contribution in [3.05, 3.63) is 69.8 Å². The topological polar surface area (TPSA) is 117 Å². The van der Waals surface area contributed by atoms with Crippen LogP contribution in [0, 0.1) is 10.1 Å². The first-order valence-electron chi connectivity index (χ1n) is 8.73. The molecule has 9 nitrogen and oxygen atoms in total. The van der Waals surface area contributed by atoms with Crippen molar-refractivity contribution in [3.63, 3.8) is 0 Å². The van der Waals surface area contributed by atoms with Crippen LogP contribution in [0.25, 0.3) is 0 Å². The lowest BCUT2D eigenvalue weighted by atomic mass is 10.1. The zero-order chi connectivity index (χ0) is 19.9. The maximum absolute atomic E-state index is 12.1. The monoisotopic (exact) mass is 384 g/mol. The Hall–Kier alpha value is -3.30. The predicted octanol–water partition coefficient (Wildman–Crippen LogP) is 1.62. The van der Waals surface area contributed by atoms with Gasteiger partial charge in [0.25, 0.3) is 11.6 Å². The molecule has 146 valence electrons. The quantitative estimate of drug-likeness (QED) is 0.444. The molecule has 1 saturated heterocycles. The van der Waals surface area contributed by atoms with Crippen LogP contribution in [-0.4, -0.2) is 48.5 Å². The van der Waals surface area contributed by atoms with Crippen molar-refractivity contribution in [1.82, 2.24) is 5.43 Å².